The Morgan fingerprint density at radius 2 is 2.00 bits per heavy atom. The number of hydrogen-bond acceptors (Lipinski definition) is 3. The van der Waals surface area contributed by atoms with Gasteiger partial charge in [0.25, 0.3) is 5.91 Å². The summed E-state index contributed by atoms with van der Waals surface area (Å²) in [6.07, 6.45) is 1.70. The van der Waals surface area contributed by atoms with Crippen LogP contribution in [0.5, 0.6) is 0 Å². The Morgan fingerprint density at radius 3 is 2.62 bits per heavy atom. The van der Waals surface area contributed by atoms with Crippen molar-refractivity contribution in [1.29, 1.82) is 0 Å². The van der Waals surface area contributed by atoms with E-state index >= 15 is 0 Å². The number of aliphatic hydroxyl groups excluding tert-OH is 2. The third-order valence-corrected chi connectivity index (χ3v) is 3.80. The van der Waals surface area contributed by atoms with E-state index in [2.05, 4.69) is 11.8 Å². The maximum atomic E-state index is 12.5. The van der Waals surface area contributed by atoms with E-state index in [-0.39, 0.29) is 19.1 Å². The van der Waals surface area contributed by atoms with Gasteiger partial charge in [0.05, 0.1) is 0 Å². The molecule has 112 valence electrons. The Balaban J connectivity index is 2.14. The average molecular weight is 287 g/mol. The number of nitrogens with zero attached hydrogens (tertiary/aromatic N) is 1. The van der Waals surface area contributed by atoms with Gasteiger partial charge in [0, 0.05) is 30.8 Å². The Hall–Kier alpha value is -1.83. The molecule has 0 aromatic heterocycles. The minimum Gasteiger partial charge on any atom is -0.396 e. The Kier molecular flexibility index (Phi) is 5.38. The highest BCUT2D eigenvalue weighted by atomic mass is 16.3. The van der Waals surface area contributed by atoms with Gasteiger partial charge in [-0.3, -0.25) is 4.79 Å². The van der Waals surface area contributed by atoms with Crippen molar-refractivity contribution in [3.63, 3.8) is 0 Å². The third kappa shape index (κ3) is 4.07. The van der Waals surface area contributed by atoms with Crippen molar-refractivity contribution in [2.24, 2.45) is 5.92 Å². The van der Waals surface area contributed by atoms with Crippen molar-refractivity contribution in [2.45, 2.75) is 19.8 Å². The molecule has 1 fully saturated rings. The highest BCUT2D eigenvalue weighted by Crippen LogP contribution is 2.19. The molecule has 0 radical (unpaired) electrons. The van der Waals surface area contributed by atoms with E-state index in [0.29, 0.717) is 24.6 Å². The summed E-state index contributed by atoms with van der Waals surface area (Å²) in [6.45, 7) is 3.32. The molecule has 1 amide bonds. The van der Waals surface area contributed by atoms with Crippen molar-refractivity contribution >= 4 is 5.91 Å². The number of amides is 1. The highest BCUT2D eigenvalue weighted by Gasteiger charge is 2.23. The molecule has 0 unspecified atom stereocenters. The number of piperidine rings is 1. The third-order valence-electron chi connectivity index (χ3n) is 3.80. The molecular formula is C17H21NO3. The van der Waals surface area contributed by atoms with Crippen LogP contribution in [0.2, 0.25) is 0 Å². The van der Waals surface area contributed by atoms with Gasteiger partial charge in [0.2, 0.25) is 0 Å². The minimum atomic E-state index is -0.189. The lowest BCUT2D eigenvalue weighted by Crippen LogP contribution is -2.39. The number of rotatable bonds is 2. The molecule has 1 aromatic rings. The van der Waals surface area contributed by atoms with Crippen LogP contribution < -0.4 is 0 Å². The van der Waals surface area contributed by atoms with Gasteiger partial charge in [-0.25, -0.2) is 0 Å². The van der Waals surface area contributed by atoms with E-state index in [1.54, 1.807) is 6.07 Å². The lowest BCUT2D eigenvalue weighted by Gasteiger charge is -2.31. The average Bonchev–Trinajstić information content (AvgIpc) is 2.51. The fraction of sp³-hybridized carbons (Fsp3) is 0.471. The first-order chi connectivity index (χ1) is 10.1. The number of likely N-dealkylation sites (tertiary alicyclic amines) is 1. The van der Waals surface area contributed by atoms with Gasteiger partial charge in [-0.2, -0.15) is 0 Å². The van der Waals surface area contributed by atoms with E-state index in [1.165, 1.54) is 0 Å². The van der Waals surface area contributed by atoms with Crippen molar-refractivity contribution in [1.82, 2.24) is 4.90 Å². The first kappa shape index (κ1) is 15.6. The zero-order chi connectivity index (χ0) is 15.2. The summed E-state index contributed by atoms with van der Waals surface area (Å²) >= 11 is 0. The SMILES string of the molecule is Cc1cc(C#CCO)cc(C(=O)N2CCC(CO)CC2)c1. The molecule has 0 atom stereocenters. The first-order valence-corrected chi connectivity index (χ1v) is 7.25. The summed E-state index contributed by atoms with van der Waals surface area (Å²) in [5, 5.41) is 17.9. The summed E-state index contributed by atoms with van der Waals surface area (Å²) in [4.78, 5) is 14.4. The topological polar surface area (TPSA) is 60.8 Å². The van der Waals surface area contributed by atoms with Gasteiger partial charge in [0.15, 0.2) is 0 Å². The van der Waals surface area contributed by atoms with Gasteiger partial charge in [-0.05, 0) is 49.4 Å². The van der Waals surface area contributed by atoms with E-state index in [9.17, 15) is 4.79 Å². The largest absolute Gasteiger partial charge is 0.396 e. The van der Waals surface area contributed by atoms with Crippen LogP contribution in [0.1, 0.15) is 34.3 Å². The molecule has 0 aliphatic carbocycles. The molecule has 2 N–H and O–H groups in total. The number of aryl methyl sites for hydroxylation is 1. The second-order valence-electron chi connectivity index (χ2n) is 5.47. The van der Waals surface area contributed by atoms with E-state index in [4.69, 9.17) is 10.2 Å². The molecule has 1 aromatic carbocycles. The molecule has 1 aliphatic heterocycles. The summed E-state index contributed by atoms with van der Waals surface area (Å²) < 4.78 is 0. The quantitative estimate of drug-likeness (QED) is 0.803. The fourth-order valence-electron chi connectivity index (χ4n) is 2.62. The zero-order valence-electron chi connectivity index (χ0n) is 12.3. The van der Waals surface area contributed by atoms with Crippen LogP contribution in [0.3, 0.4) is 0 Å². The minimum absolute atomic E-state index is 0.0159. The van der Waals surface area contributed by atoms with Crippen LogP contribution in [0.15, 0.2) is 18.2 Å². The number of aliphatic hydroxyl groups is 2. The summed E-state index contributed by atoms with van der Waals surface area (Å²) in [6, 6.07) is 5.54. The Bertz CT molecular complexity index is 563. The maximum Gasteiger partial charge on any atom is 0.253 e. The first-order valence-electron chi connectivity index (χ1n) is 7.25. The molecule has 1 saturated heterocycles. The molecule has 4 heteroatoms. The van der Waals surface area contributed by atoms with Crippen LogP contribution in [-0.4, -0.2) is 47.3 Å². The van der Waals surface area contributed by atoms with E-state index < -0.39 is 0 Å². The van der Waals surface area contributed by atoms with E-state index in [1.807, 2.05) is 24.0 Å². The van der Waals surface area contributed by atoms with Crippen LogP contribution in [0.25, 0.3) is 0 Å². The van der Waals surface area contributed by atoms with Gasteiger partial charge in [-0.1, -0.05) is 11.8 Å². The van der Waals surface area contributed by atoms with Crippen molar-refractivity contribution in [2.75, 3.05) is 26.3 Å². The number of hydrogen-bond donors (Lipinski definition) is 2. The van der Waals surface area contributed by atoms with Crippen LogP contribution >= 0.6 is 0 Å². The Labute approximate surface area is 125 Å². The smallest absolute Gasteiger partial charge is 0.253 e. The molecule has 4 nitrogen and oxygen atoms in total. The monoisotopic (exact) mass is 287 g/mol. The number of carbonyl (C=O) groups is 1. The highest BCUT2D eigenvalue weighted by molar-refractivity contribution is 5.94. The van der Waals surface area contributed by atoms with Gasteiger partial charge in [-0.15, -0.1) is 0 Å². The standard InChI is InChI=1S/C17H21NO3/c1-13-9-15(3-2-8-19)11-16(10-13)17(21)18-6-4-14(12-20)5-7-18/h9-11,14,19-20H,4-8,12H2,1H3. The van der Waals surface area contributed by atoms with Crippen LogP contribution in [-0.2, 0) is 0 Å². The van der Waals surface area contributed by atoms with Crippen molar-refractivity contribution in [3.8, 4) is 11.8 Å². The number of carbonyl (C=O) groups excluding carboxylic acids is 1. The molecule has 0 bridgehead atoms. The second kappa shape index (κ2) is 7.26. The summed E-state index contributed by atoms with van der Waals surface area (Å²) in [5.41, 5.74) is 2.37. The summed E-state index contributed by atoms with van der Waals surface area (Å²) in [7, 11) is 0. The zero-order valence-corrected chi connectivity index (χ0v) is 12.3. The molecule has 1 heterocycles. The van der Waals surface area contributed by atoms with Gasteiger partial charge < -0.3 is 15.1 Å². The van der Waals surface area contributed by atoms with Crippen molar-refractivity contribution in [3.05, 3.63) is 34.9 Å². The normalized spacial score (nSPS) is 15.5. The molecule has 0 saturated carbocycles. The van der Waals surface area contributed by atoms with Gasteiger partial charge in [0.1, 0.15) is 6.61 Å². The van der Waals surface area contributed by atoms with Crippen LogP contribution in [0, 0.1) is 24.7 Å². The predicted molar refractivity (Wildman–Crippen MR) is 80.9 cm³/mol. The number of benzene rings is 1. The maximum absolute atomic E-state index is 12.5. The molecule has 2 rings (SSSR count). The molecule has 21 heavy (non-hydrogen) atoms. The molecule has 0 spiro atoms. The lowest BCUT2D eigenvalue weighted by molar-refractivity contribution is 0.0651. The van der Waals surface area contributed by atoms with E-state index in [0.717, 1.165) is 24.0 Å². The lowest BCUT2D eigenvalue weighted by atomic mass is 9.97. The van der Waals surface area contributed by atoms with Gasteiger partial charge >= 0.3 is 0 Å². The molecule has 1 aliphatic rings. The van der Waals surface area contributed by atoms with Crippen molar-refractivity contribution < 1.29 is 15.0 Å². The second-order valence-corrected chi connectivity index (χ2v) is 5.47. The predicted octanol–water partition coefficient (Wildman–Crippen LogP) is 1.18. The summed E-state index contributed by atoms with van der Waals surface area (Å²) in [5.74, 6) is 5.78. The fourth-order valence-corrected chi connectivity index (χ4v) is 2.62. The van der Waals surface area contributed by atoms with Crippen LogP contribution in [0.4, 0.5) is 0 Å². The Morgan fingerprint density at radius 1 is 1.29 bits per heavy atom. The molecular weight excluding hydrogens is 266 g/mol.